The average Bonchev–Trinajstić information content (AvgIpc) is 2.70. The Morgan fingerprint density at radius 3 is 1.62 bits per heavy atom. The fraction of sp³-hybridized carbons (Fsp3) is 0.481. The number of fused-ring (bicyclic) bond motifs is 1. The number of carboxylic acid groups (broad SMARTS) is 1. The fourth-order valence-electron chi connectivity index (χ4n) is 7.01. The fourth-order valence-corrected chi connectivity index (χ4v) is 7.01. The Balaban J connectivity index is 1.55. The van der Waals surface area contributed by atoms with Gasteiger partial charge in [0.2, 0.25) is 5.91 Å². The van der Waals surface area contributed by atoms with Gasteiger partial charge in [-0.25, -0.2) is 0 Å². The molecule has 5 nitrogen and oxygen atoms in total. The first-order chi connectivity index (χ1) is 15.1. The van der Waals surface area contributed by atoms with Crippen LogP contribution in [0.4, 0.5) is 0 Å². The molecule has 6 rings (SSSR count). The average molecular weight is 433 g/mol. The highest BCUT2D eigenvalue weighted by Gasteiger charge is 2.55. The molecule has 0 radical (unpaired) electrons. The lowest BCUT2D eigenvalue weighted by atomic mass is 9.54. The molecule has 1 amide bonds. The first-order valence-corrected chi connectivity index (χ1v) is 11.6. The third-order valence-electron chi connectivity index (χ3n) is 7.56. The minimum Gasteiger partial charge on any atom is -0.481 e. The predicted octanol–water partition coefficient (Wildman–Crippen LogP) is 4.02. The van der Waals surface area contributed by atoms with Gasteiger partial charge < -0.3 is 15.7 Å². The van der Waals surface area contributed by atoms with Gasteiger partial charge in [0.15, 0.2) is 0 Å². The summed E-state index contributed by atoms with van der Waals surface area (Å²) in [5.74, 6) is -2.96. The molecule has 0 saturated carbocycles. The Hall–Kier alpha value is -2.66. The maximum absolute atomic E-state index is 13.8. The monoisotopic (exact) mass is 432 g/mol. The molecule has 0 spiro atoms. The highest BCUT2D eigenvalue weighted by Crippen LogP contribution is 2.58. The van der Waals surface area contributed by atoms with E-state index in [9.17, 15) is 14.7 Å². The van der Waals surface area contributed by atoms with Gasteiger partial charge in [-0.05, 0) is 62.8 Å². The van der Waals surface area contributed by atoms with Crippen molar-refractivity contribution >= 4 is 11.9 Å². The van der Waals surface area contributed by atoms with Crippen molar-refractivity contribution in [2.24, 2.45) is 11.8 Å². The lowest BCUT2D eigenvalue weighted by Crippen LogP contribution is -2.63. The van der Waals surface area contributed by atoms with E-state index in [2.05, 4.69) is 50.5 Å². The van der Waals surface area contributed by atoms with Crippen molar-refractivity contribution in [1.82, 2.24) is 10.6 Å². The third-order valence-corrected chi connectivity index (χ3v) is 7.56. The zero-order valence-corrected chi connectivity index (χ0v) is 19.2. The van der Waals surface area contributed by atoms with Crippen molar-refractivity contribution in [2.45, 2.75) is 69.5 Å². The molecule has 5 heteroatoms. The van der Waals surface area contributed by atoms with Crippen LogP contribution in [-0.2, 0) is 9.59 Å². The Morgan fingerprint density at radius 1 is 0.812 bits per heavy atom. The zero-order valence-electron chi connectivity index (χ0n) is 19.2. The normalized spacial score (nSPS) is 29.6. The van der Waals surface area contributed by atoms with Crippen LogP contribution in [0, 0.1) is 11.8 Å². The molecule has 0 unspecified atom stereocenters. The van der Waals surface area contributed by atoms with E-state index >= 15 is 0 Å². The first-order valence-electron chi connectivity index (χ1n) is 11.6. The number of rotatable bonds is 3. The van der Waals surface area contributed by atoms with E-state index in [-0.39, 0.29) is 34.9 Å². The molecule has 3 aliphatic carbocycles. The molecule has 1 heterocycles. The number of carbonyl (C=O) groups excluding carboxylic acids is 1. The Labute approximate surface area is 189 Å². The van der Waals surface area contributed by atoms with Crippen LogP contribution in [0.25, 0.3) is 0 Å². The van der Waals surface area contributed by atoms with Crippen LogP contribution in [0.15, 0.2) is 48.5 Å². The largest absolute Gasteiger partial charge is 0.481 e. The van der Waals surface area contributed by atoms with Gasteiger partial charge in [0.25, 0.3) is 0 Å². The van der Waals surface area contributed by atoms with E-state index < -0.39 is 17.8 Å². The van der Waals surface area contributed by atoms with Crippen molar-refractivity contribution in [3.05, 3.63) is 70.8 Å². The molecule has 32 heavy (non-hydrogen) atoms. The predicted molar refractivity (Wildman–Crippen MR) is 124 cm³/mol. The number of hydrogen-bond acceptors (Lipinski definition) is 3. The summed E-state index contributed by atoms with van der Waals surface area (Å²) < 4.78 is 0. The third kappa shape index (κ3) is 3.34. The van der Waals surface area contributed by atoms with Crippen LogP contribution < -0.4 is 10.6 Å². The Kier molecular flexibility index (Phi) is 4.75. The Morgan fingerprint density at radius 2 is 1.22 bits per heavy atom. The number of carboxylic acids is 1. The highest BCUT2D eigenvalue weighted by atomic mass is 16.4. The van der Waals surface area contributed by atoms with Crippen molar-refractivity contribution in [2.75, 3.05) is 0 Å². The SMILES string of the molecule is CC1(C)CC(NC(=O)[C@H]2C3c4ccccc4C(c4ccccc43)[C@@H]2C(=O)O)CC(C)(C)N1. The molecule has 1 fully saturated rings. The van der Waals surface area contributed by atoms with Gasteiger partial charge in [0.1, 0.15) is 0 Å². The quantitative estimate of drug-likeness (QED) is 0.685. The lowest BCUT2D eigenvalue weighted by molar-refractivity contribution is -0.149. The molecule has 2 atom stereocenters. The van der Waals surface area contributed by atoms with Crippen LogP contribution in [0.3, 0.4) is 0 Å². The summed E-state index contributed by atoms with van der Waals surface area (Å²) in [7, 11) is 0. The maximum Gasteiger partial charge on any atom is 0.308 e. The summed E-state index contributed by atoms with van der Waals surface area (Å²) in [6.45, 7) is 8.62. The summed E-state index contributed by atoms with van der Waals surface area (Å²) in [6, 6.07) is 16.1. The standard InChI is InChI=1S/C27H32N2O3/c1-26(2)13-15(14-27(3,4)29-26)28-24(30)22-20-16-9-5-7-11-18(16)21(23(22)25(31)32)19-12-8-6-10-17(19)20/h5-12,15,20-23,29H,13-14H2,1-4H3,(H,28,30)(H,31,32)/t20?,21?,22-,23-/m0/s1. The van der Waals surface area contributed by atoms with E-state index in [1.165, 1.54) is 0 Å². The second-order valence-electron chi connectivity index (χ2n) is 11.1. The summed E-state index contributed by atoms with van der Waals surface area (Å²) in [6.07, 6.45) is 1.63. The maximum atomic E-state index is 13.8. The topological polar surface area (TPSA) is 78.4 Å². The van der Waals surface area contributed by atoms with Crippen molar-refractivity contribution in [3.8, 4) is 0 Å². The number of hydrogen-bond donors (Lipinski definition) is 3. The Bertz CT molecular complexity index is 1030. The summed E-state index contributed by atoms with van der Waals surface area (Å²) in [4.78, 5) is 26.4. The van der Waals surface area contributed by atoms with E-state index in [4.69, 9.17) is 0 Å². The molecule has 1 aliphatic heterocycles. The van der Waals surface area contributed by atoms with Crippen molar-refractivity contribution in [1.29, 1.82) is 0 Å². The molecule has 2 aromatic rings. The van der Waals surface area contributed by atoms with E-state index in [0.29, 0.717) is 0 Å². The minimum absolute atomic E-state index is 0.00846. The van der Waals surface area contributed by atoms with Gasteiger partial charge in [0.05, 0.1) is 11.8 Å². The molecule has 2 bridgehead atoms. The van der Waals surface area contributed by atoms with Gasteiger partial charge in [-0.2, -0.15) is 0 Å². The van der Waals surface area contributed by atoms with E-state index in [1.54, 1.807) is 0 Å². The van der Waals surface area contributed by atoms with Crippen LogP contribution in [0.1, 0.15) is 74.6 Å². The summed E-state index contributed by atoms with van der Waals surface area (Å²) in [5.41, 5.74) is 4.10. The van der Waals surface area contributed by atoms with Crippen LogP contribution in [0.5, 0.6) is 0 Å². The van der Waals surface area contributed by atoms with E-state index in [0.717, 1.165) is 35.1 Å². The molecular weight excluding hydrogens is 400 g/mol. The van der Waals surface area contributed by atoms with E-state index in [1.807, 2.05) is 36.4 Å². The molecule has 4 aliphatic rings. The number of aliphatic carboxylic acids is 1. The zero-order chi connectivity index (χ0) is 22.8. The number of benzene rings is 2. The van der Waals surface area contributed by atoms with Crippen LogP contribution in [-0.4, -0.2) is 34.1 Å². The van der Waals surface area contributed by atoms with Gasteiger partial charge in [0, 0.05) is 29.0 Å². The molecule has 168 valence electrons. The molecule has 3 N–H and O–H groups in total. The number of amides is 1. The van der Waals surface area contributed by atoms with Gasteiger partial charge in [-0.3, -0.25) is 9.59 Å². The van der Waals surface area contributed by atoms with Gasteiger partial charge in [-0.1, -0.05) is 48.5 Å². The second-order valence-corrected chi connectivity index (χ2v) is 11.1. The summed E-state index contributed by atoms with van der Waals surface area (Å²) >= 11 is 0. The molecule has 2 aromatic carbocycles. The van der Waals surface area contributed by atoms with Gasteiger partial charge >= 0.3 is 5.97 Å². The summed E-state index contributed by atoms with van der Waals surface area (Å²) in [5, 5.41) is 17.3. The van der Waals surface area contributed by atoms with Crippen molar-refractivity contribution < 1.29 is 14.7 Å². The second kappa shape index (κ2) is 7.17. The number of piperidine rings is 1. The molecule has 0 aromatic heterocycles. The highest BCUT2D eigenvalue weighted by molar-refractivity contribution is 5.90. The number of nitrogens with one attached hydrogen (secondary N) is 2. The minimum atomic E-state index is -0.893. The first kappa shape index (κ1) is 21.2. The molecule has 1 saturated heterocycles. The lowest BCUT2D eigenvalue weighted by Gasteiger charge is -2.50. The molecular formula is C27H32N2O3. The van der Waals surface area contributed by atoms with Crippen molar-refractivity contribution in [3.63, 3.8) is 0 Å². The van der Waals surface area contributed by atoms with Crippen LogP contribution >= 0.6 is 0 Å². The number of carbonyl (C=O) groups is 2. The van der Waals surface area contributed by atoms with Gasteiger partial charge in [-0.15, -0.1) is 0 Å². The van der Waals surface area contributed by atoms with Crippen LogP contribution in [0.2, 0.25) is 0 Å². The smallest absolute Gasteiger partial charge is 0.308 e.